The molecule has 1 unspecified atom stereocenters. The summed E-state index contributed by atoms with van der Waals surface area (Å²) in [5.41, 5.74) is 1.12. The third-order valence-corrected chi connectivity index (χ3v) is 2.86. The van der Waals surface area contributed by atoms with E-state index in [2.05, 4.69) is 5.32 Å². The van der Waals surface area contributed by atoms with E-state index in [4.69, 9.17) is 4.74 Å². The zero-order valence-electron chi connectivity index (χ0n) is 9.16. The van der Waals surface area contributed by atoms with Crippen LogP contribution < -0.4 is 5.32 Å². The first kappa shape index (κ1) is 12.2. The molecule has 1 heterocycles. The molecule has 0 aromatic carbocycles. The molecule has 1 amide bonds. The lowest BCUT2D eigenvalue weighted by molar-refractivity contribution is -0.121. The van der Waals surface area contributed by atoms with Crippen LogP contribution in [-0.4, -0.2) is 19.6 Å². The minimum Gasteiger partial charge on any atom is -0.375 e. The average molecular weight is 227 g/mol. The Labute approximate surface area is 94.5 Å². The van der Waals surface area contributed by atoms with Crippen molar-refractivity contribution < 1.29 is 9.53 Å². The third kappa shape index (κ3) is 4.01. The van der Waals surface area contributed by atoms with Crippen molar-refractivity contribution >= 4 is 17.2 Å². The smallest absolute Gasteiger partial charge is 0.220 e. The van der Waals surface area contributed by atoms with Crippen LogP contribution in [0.4, 0.5) is 0 Å². The maximum absolute atomic E-state index is 11.3. The minimum atomic E-state index is -0.0305. The molecule has 0 saturated carbocycles. The molecule has 0 fully saturated rings. The van der Waals surface area contributed by atoms with Gasteiger partial charge in [-0.2, -0.15) is 11.3 Å². The number of ether oxygens (including phenoxy) is 1. The normalized spacial score (nSPS) is 12.4. The van der Waals surface area contributed by atoms with E-state index in [9.17, 15) is 4.79 Å². The van der Waals surface area contributed by atoms with Crippen LogP contribution in [0.15, 0.2) is 16.8 Å². The summed E-state index contributed by atoms with van der Waals surface area (Å²) in [5, 5.41) is 6.91. The maximum Gasteiger partial charge on any atom is 0.220 e. The van der Waals surface area contributed by atoms with Gasteiger partial charge in [0.1, 0.15) is 6.10 Å². The van der Waals surface area contributed by atoms with Crippen molar-refractivity contribution in [3.63, 3.8) is 0 Å². The van der Waals surface area contributed by atoms with E-state index < -0.39 is 0 Å². The van der Waals surface area contributed by atoms with E-state index in [1.54, 1.807) is 18.4 Å². The molecule has 0 aliphatic heterocycles. The van der Waals surface area contributed by atoms with Crippen molar-refractivity contribution in [3.05, 3.63) is 22.4 Å². The molecule has 1 aromatic rings. The Kier molecular flexibility index (Phi) is 5.36. The summed E-state index contributed by atoms with van der Waals surface area (Å²) in [7, 11) is 1.66. The van der Waals surface area contributed by atoms with Gasteiger partial charge < -0.3 is 10.1 Å². The van der Waals surface area contributed by atoms with Crippen molar-refractivity contribution in [3.8, 4) is 0 Å². The largest absolute Gasteiger partial charge is 0.375 e. The van der Waals surface area contributed by atoms with E-state index in [1.165, 1.54) is 0 Å². The number of carbonyl (C=O) groups is 1. The molecule has 84 valence electrons. The predicted molar refractivity (Wildman–Crippen MR) is 62.0 cm³/mol. The Hall–Kier alpha value is -0.870. The Morgan fingerprint density at radius 3 is 3.00 bits per heavy atom. The van der Waals surface area contributed by atoms with Crippen molar-refractivity contribution in [2.75, 3.05) is 13.7 Å². The van der Waals surface area contributed by atoms with Crippen LogP contribution in [0.25, 0.3) is 0 Å². The molecule has 0 aliphatic carbocycles. The molecule has 3 nitrogen and oxygen atoms in total. The monoisotopic (exact) mass is 227 g/mol. The van der Waals surface area contributed by atoms with Gasteiger partial charge in [-0.3, -0.25) is 4.79 Å². The third-order valence-electron chi connectivity index (χ3n) is 2.16. The zero-order chi connectivity index (χ0) is 11.1. The molecule has 15 heavy (non-hydrogen) atoms. The number of thiophene rings is 1. The van der Waals surface area contributed by atoms with Crippen LogP contribution in [-0.2, 0) is 9.53 Å². The Morgan fingerprint density at radius 2 is 2.47 bits per heavy atom. The van der Waals surface area contributed by atoms with Gasteiger partial charge in [-0.05, 0) is 28.8 Å². The number of rotatable bonds is 6. The number of hydrogen-bond acceptors (Lipinski definition) is 3. The molecule has 4 heteroatoms. The van der Waals surface area contributed by atoms with Crippen LogP contribution in [0.5, 0.6) is 0 Å². The van der Waals surface area contributed by atoms with Crippen LogP contribution in [0, 0.1) is 0 Å². The summed E-state index contributed by atoms with van der Waals surface area (Å²) in [6, 6.07) is 2.02. The van der Waals surface area contributed by atoms with Gasteiger partial charge in [-0.25, -0.2) is 0 Å². The van der Waals surface area contributed by atoms with Gasteiger partial charge >= 0.3 is 0 Å². The molecule has 0 aliphatic rings. The van der Waals surface area contributed by atoms with Gasteiger partial charge in [0, 0.05) is 20.1 Å². The van der Waals surface area contributed by atoms with Gasteiger partial charge in [0.15, 0.2) is 0 Å². The van der Waals surface area contributed by atoms with Gasteiger partial charge in [-0.1, -0.05) is 6.92 Å². The Bertz CT molecular complexity index is 285. The molecule has 1 atom stereocenters. The number of amides is 1. The van der Waals surface area contributed by atoms with Crippen LogP contribution in [0.3, 0.4) is 0 Å². The summed E-state index contributed by atoms with van der Waals surface area (Å²) in [6.07, 6.45) is 1.43. The zero-order valence-corrected chi connectivity index (χ0v) is 9.97. The van der Waals surface area contributed by atoms with Crippen molar-refractivity contribution in [2.45, 2.75) is 25.9 Å². The summed E-state index contributed by atoms with van der Waals surface area (Å²) in [4.78, 5) is 11.3. The molecule has 1 rings (SSSR count). The second-order valence-electron chi connectivity index (χ2n) is 3.34. The molecule has 0 bridgehead atoms. The van der Waals surface area contributed by atoms with Crippen LogP contribution >= 0.6 is 11.3 Å². The summed E-state index contributed by atoms with van der Waals surface area (Å²) >= 11 is 1.64. The SMILES string of the molecule is CCCC(=O)NCC(OC)c1ccsc1. The highest BCUT2D eigenvalue weighted by Gasteiger charge is 2.11. The lowest BCUT2D eigenvalue weighted by Gasteiger charge is -2.14. The molecular formula is C11H17NO2S. The topological polar surface area (TPSA) is 38.3 Å². The fraction of sp³-hybridized carbons (Fsp3) is 0.545. The summed E-state index contributed by atoms with van der Waals surface area (Å²) in [5.74, 6) is 0.0924. The first-order valence-electron chi connectivity index (χ1n) is 5.09. The predicted octanol–water partition coefficient (Wildman–Crippen LogP) is 2.35. The van der Waals surface area contributed by atoms with Crippen LogP contribution in [0.2, 0.25) is 0 Å². The molecular weight excluding hydrogens is 210 g/mol. The van der Waals surface area contributed by atoms with Gasteiger partial charge in [0.2, 0.25) is 5.91 Å². The van der Waals surface area contributed by atoms with E-state index in [-0.39, 0.29) is 12.0 Å². The summed E-state index contributed by atoms with van der Waals surface area (Å²) < 4.78 is 5.32. The second-order valence-corrected chi connectivity index (χ2v) is 4.12. The van der Waals surface area contributed by atoms with E-state index >= 15 is 0 Å². The molecule has 1 aromatic heterocycles. The highest BCUT2D eigenvalue weighted by atomic mass is 32.1. The maximum atomic E-state index is 11.3. The lowest BCUT2D eigenvalue weighted by Crippen LogP contribution is -2.28. The van der Waals surface area contributed by atoms with Gasteiger partial charge in [-0.15, -0.1) is 0 Å². The van der Waals surface area contributed by atoms with Crippen molar-refractivity contribution in [1.82, 2.24) is 5.32 Å². The first-order valence-corrected chi connectivity index (χ1v) is 6.03. The summed E-state index contributed by atoms with van der Waals surface area (Å²) in [6.45, 7) is 2.54. The molecule has 1 N–H and O–H groups in total. The number of hydrogen-bond donors (Lipinski definition) is 1. The lowest BCUT2D eigenvalue weighted by atomic mass is 10.2. The van der Waals surface area contributed by atoms with Gasteiger partial charge in [0.05, 0.1) is 0 Å². The number of nitrogens with one attached hydrogen (secondary N) is 1. The number of carbonyl (C=O) groups excluding carboxylic acids is 1. The van der Waals surface area contributed by atoms with E-state index in [0.717, 1.165) is 12.0 Å². The fourth-order valence-electron chi connectivity index (χ4n) is 1.32. The minimum absolute atomic E-state index is 0.0305. The van der Waals surface area contributed by atoms with Crippen LogP contribution in [0.1, 0.15) is 31.4 Å². The first-order chi connectivity index (χ1) is 7.27. The molecule has 0 saturated heterocycles. The van der Waals surface area contributed by atoms with E-state index in [1.807, 2.05) is 23.8 Å². The molecule has 0 spiro atoms. The highest BCUT2D eigenvalue weighted by Crippen LogP contribution is 2.18. The number of methoxy groups -OCH3 is 1. The standard InChI is InChI=1S/C11H17NO2S/c1-3-4-11(13)12-7-10(14-2)9-5-6-15-8-9/h5-6,8,10H,3-4,7H2,1-2H3,(H,12,13). The van der Waals surface area contributed by atoms with Crippen molar-refractivity contribution in [2.24, 2.45) is 0 Å². The Morgan fingerprint density at radius 1 is 1.67 bits per heavy atom. The van der Waals surface area contributed by atoms with Gasteiger partial charge in [0.25, 0.3) is 0 Å². The quantitative estimate of drug-likeness (QED) is 0.810. The fourth-order valence-corrected chi connectivity index (χ4v) is 2.02. The van der Waals surface area contributed by atoms with E-state index in [0.29, 0.717) is 13.0 Å². The molecule has 0 radical (unpaired) electrons. The average Bonchev–Trinajstić information content (AvgIpc) is 2.72. The highest BCUT2D eigenvalue weighted by molar-refractivity contribution is 7.07. The second kappa shape index (κ2) is 6.58. The van der Waals surface area contributed by atoms with Crippen molar-refractivity contribution in [1.29, 1.82) is 0 Å². The Balaban J connectivity index is 2.38.